The average Bonchev–Trinajstić information content (AvgIpc) is 3.12. The van der Waals surface area contributed by atoms with Crippen molar-refractivity contribution in [3.63, 3.8) is 0 Å². The molecule has 0 aromatic rings. The van der Waals surface area contributed by atoms with Gasteiger partial charge in [0.15, 0.2) is 11.9 Å². The van der Waals surface area contributed by atoms with Gasteiger partial charge in [-0.3, -0.25) is 14.2 Å². The molecule has 0 aliphatic carbocycles. The summed E-state index contributed by atoms with van der Waals surface area (Å²) in [7, 11) is 1.53. The van der Waals surface area contributed by atoms with Crippen LogP contribution in [0, 0.1) is 0 Å². The minimum absolute atomic E-state index is 0.184. The Kier molecular flexibility index (Phi) is 35.3. The van der Waals surface area contributed by atoms with E-state index < -0.39 is 25.5 Å². The minimum atomic E-state index is -4.03. The molecule has 2 unspecified atom stereocenters. The number of hydrogen-bond donors (Lipinski definition) is 1. The van der Waals surface area contributed by atoms with E-state index in [1.54, 1.807) is 0 Å². The first kappa shape index (κ1) is 52.8. The van der Waals surface area contributed by atoms with E-state index in [1.165, 1.54) is 135 Å². The standard InChI is InChI=1S/C45H88NO7P/c1-7-10-12-14-16-18-20-22-24-26-28-30-32-34-36-38-44(47)51-40-42(41-52-54(49,50)43(9-3)46(4,5)6)53-45(48)39-37-35-33-31-29-27-25-23-21-19-17-15-13-11-8-2/h20,22,42-43H,7-19,21,23-41H2,1-6H3/p+1/b22-20-/t42-,43?/m1/s1. The lowest BCUT2D eigenvalue weighted by atomic mass is 10.0. The highest BCUT2D eigenvalue weighted by molar-refractivity contribution is 7.53. The molecule has 54 heavy (non-hydrogen) atoms. The van der Waals surface area contributed by atoms with E-state index in [4.69, 9.17) is 14.0 Å². The lowest BCUT2D eigenvalue weighted by molar-refractivity contribution is -0.883. The van der Waals surface area contributed by atoms with Gasteiger partial charge in [0.1, 0.15) is 6.61 Å². The number of carbonyl (C=O) groups is 2. The van der Waals surface area contributed by atoms with E-state index in [1.807, 2.05) is 28.1 Å². The van der Waals surface area contributed by atoms with Crippen molar-refractivity contribution in [1.29, 1.82) is 0 Å². The fourth-order valence-electron chi connectivity index (χ4n) is 7.09. The van der Waals surface area contributed by atoms with Crippen molar-refractivity contribution in [1.82, 2.24) is 0 Å². The number of nitrogens with zero attached hydrogens (tertiary/aromatic N) is 1. The van der Waals surface area contributed by atoms with Crippen LogP contribution in [0.3, 0.4) is 0 Å². The summed E-state index contributed by atoms with van der Waals surface area (Å²) in [6, 6.07) is 0. The number of quaternary nitrogens is 1. The molecule has 9 heteroatoms. The Bertz CT molecular complexity index is 951. The summed E-state index contributed by atoms with van der Waals surface area (Å²) in [6.45, 7) is 5.89. The maximum Gasteiger partial charge on any atom is 0.385 e. The van der Waals surface area contributed by atoms with Crippen molar-refractivity contribution in [2.45, 2.75) is 232 Å². The molecule has 0 rings (SSSR count). The van der Waals surface area contributed by atoms with Crippen molar-refractivity contribution in [2.75, 3.05) is 34.4 Å². The monoisotopic (exact) mass is 787 g/mol. The van der Waals surface area contributed by atoms with Crippen molar-refractivity contribution >= 4 is 19.5 Å². The van der Waals surface area contributed by atoms with Crippen LogP contribution < -0.4 is 0 Å². The zero-order valence-corrected chi connectivity index (χ0v) is 37.3. The second-order valence-electron chi connectivity index (χ2n) is 16.7. The first-order valence-corrected chi connectivity index (χ1v) is 24.4. The van der Waals surface area contributed by atoms with Gasteiger partial charge in [-0.05, 0) is 38.5 Å². The SMILES string of the molecule is CCCCCCC/C=C\CCCCCCCCC(=O)OC[C@H](COP(=O)(O)C(CC)[N+](C)(C)C)OC(=O)CCCCCCCCCCCCCCCCC. The highest BCUT2D eigenvalue weighted by atomic mass is 31.2. The second-order valence-corrected chi connectivity index (χ2v) is 18.7. The van der Waals surface area contributed by atoms with Gasteiger partial charge in [0, 0.05) is 19.3 Å². The summed E-state index contributed by atoms with van der Waals surface area (Å²) < 4.78 is 30.2. The molecule has 0 heterocycles. The number of unbranched alkanes of at least 4 members (excludes halogenated alkanes) is 25. The molecule has 0 spiro atoms. The fourth-order valence-corrected chi connectivity index (χ4v) is 8.98. The highest BCUT2D eigenvalue weighted by Crippen LogP contribution is 2.51. The molecule has 0 aromatic heterocycles. The molecule has 0 radical (unpaired) electrons. The molecule has 0 saturated carbocycles. The third-order valence-corrected chi connectivity index (χ3v) is 12.8. The van der Waals surface area contributed by atoms with Crippen LogP contribution in [-0.4, -0.2) is 67.6 Å². The van der Waals surface area contributed by atoms with Crippen LogP contribution in [0.15, 0.2) is 12.2 Å². The molecule has 320 valence electrons. The average molecular weight is 787 g/mol. The number of esters is 2. The molecule has 0 bridgehead atoms. The third-order valence-electron chi connectivity index (χ3n) is 10.4. The Hall–Kier alpha value is -1.21. The van der Waals surface area contributed by atoms with Crippen molar-refractivity contribution in [3.05, 3.63) is 12.2 Å². The zero-order valence-electron chi connectivity index (χ0n) is 36.4. The number of ether oxygens (including phenoxy) is 2. The van der Waals surface area contributed by atoms with Gasteiger partial charge in [0.2, 0.25) is 0 Å². The van der Waals surface area contributed by atoms with E-state index >= 15 is 0 Å². The number of carbonyl (C=O) groups excluding carboxylic acids is 2. The molecule has 0 fully saturated rings. The van der Waals surface area contributed by atoms with Crippen LogP contribution in [0.4, 0.5) is 0 Å². The Labute approximate surface area is 334 Å². The predicted molar refractivity (Wildman–Crippen MR) is 228 cm³/mol. The first-order valence-electron chi connectivity index (χ1n) is 22.8. The molecule has 3 atom stereocenters. The van der Waals surface area contributed by atoms with Crippen LogP contribution in [0.5, 0.6) is 0 Å². The first-order chi connectivity index (χ1) is 26.0. The van der Waals surface area contributed by atoms with Gasteiger partial charge in [-0.1, -0.05) is 174 Å². The summed E-state index contributed by atoms with van der Waals surface area (Å²) >= 11 is 0. The maximum absolute atomic E-state index is 13.2. The van der Waals surface area contributed by atoms with Crippen LogP contribution in [0.25, 0.3) is 0 Å². The van der Waals surface area contributed by atoms with Gasteiger partial charge in [-0.25, -0.2) is 0 Å². The third kappa shape index (κ3) is 33.0. The molecule has 1 N–H and O–H groups in total. The van der Waals surface area contributed by atoms with Gasteiger partial charge in [-0.15, -0.1) is 0 Å². The molecule has 0 saturated heterocycles. The van der Waals surface area contributed by atoms with E-state index in [-0.39, 0.29) is 30.1 Å². The second kappa shape index (κ2) is 36.2. The molecule has 8 nitrogen and oxygen atoms in total. The smallest absolute Gasteiger partial charge is 0.385 e. The lowest BCUT2D eigenvalue weighted by Gasteiger charge is -2.35. The van der Waals surface area contributed by atoms with Crippen molar-refractivity contribution in [3.8, 4) is 0 Å². The van der Waals surface area contributed by atoms with Crippen LogP contribution in [0.2, 0.25) is 0 Å². The number of rotatable bonds is 40. The summed E-state index contributed by atoms with van der Waals surface area (Å²) in [5.74, 6) is -1.36. The quantitative estimate of drug-likeness (QED) is 0.0217. The normalized spacial score (nSPS) is 14.3. The van der Waals surface area contributed by atoms with Crippen molar-refractivity contribution in [2.24, 2.45) is 0 Å². The predicted octanol–water partition coefficient (Wildman–Crippen LogP) is 13.4. The van der Waals surface area contributed by atoms with Gasteiger partial charge in [0.05, 0.1) is 27.7 Å². The molecule has 0 aromatic carbocycles. The van der Waals surface area contributed by atoms with Crippen molar-refractivity contribution < 1.29 is 37.5 Å². The highest BCUT2D eigenvalue weighted by Gasteiger charge is 2.42. The molecular formula is C45H89NO7P+. The van der Waals surface area contributed by atoms with Crippen LogP contribution >= 0.6 is 7.60 Å². The van der Waals surface area contributed by atoms with E-state index in [0.29, 0.717) is 12.8 Å². The number of hydrogen-bond acceptors (Lipinski definition) is 6. The van der Waals surface area contributed by atoms with E-state index in [0.717, 1.165) is 44.9 Å². The summed E-state index contributed by atoms with van der Waals surface area (Å²) in [4.78, 5) is 36.1. The van der Waals surface area contributed by atoms with Crippen LogP contribution in [0.1, 0.15) is 220 Å². The largest absolute Gasteiger partial charge is 0.462 e. The summed E-state index contributed by atoms with van der Waals surface area (Å²) in [5, 5.41) is 0. The van der Waals surface area contributed by atoms with Gasteiger partial charge in [-0.2, -0.15) is 0 Å². The molecule has 0 aliphatic rings. The molecule has 0 amide bonds. The van der Waals surface area contributed by atoms with E-state index in [9.17, 15) is 19.0 Å². The fraction of sp³-hybridized carbons (Fsp3) is 0.911. The Morgan fingerprint density at radius 2 is 0.926 bits per heavy atom. The van der Waals surface area contributed by atoms with Gasteiger partial charge < -0.3 is 23.4 Å². The minimum Gasteiger partial charge on any atom is -0.462 e. The topological polar surface area (TPSA) is 99.1 Å². The summed E-state index contributed by atoms with van der Waals surface area (Å²) in [6.07, 6.45) is 39.0. The summed E-state index contributed by atoms with van der Waals surface area (Å²) in [5.41, 5.74) is 0. The molecular weight excluding hydrogens is 697 g/mol. The molecule has 0 aliphatic heterocycles. The van der Waals surface area contributed by atoms with Gasteiger partial charge >= 0.3 is 19.5 Å². The van der Waals surface area contributed by atoms with Crippen LogP contribution in [-0.2, 0) is 28.2 Å². The Balaban J connectivity index is 4.43. The number of allylic oxidation sites excluding steroid dienone is 2. The maximum atomic E-state index is 13.2. The van der Waals surface area contributed by atoms with E-state index in [2.05, 4.69) is 26.0 Å². The Morgan fingerprint density at radius 1 is 0.556 bits per heavy atom. The lowest BCUT2D eigenvalue weighted by Crippen LogP contribution is -2.45. The Morgan fingerprint density at radius 3 is 1.31 bits per heavy atom. The van der Waals surface area contributed by atoms with Gasteiger partial charge in [0.25, 0.3) is 0 Å². The zero-order chi connectivity index (χ0) is 40.2.